The van der Waals surface area contributed by atoms with Crippen LogP contribution in [-0.2, 0) is 10.0 Å². The van der Waals surface area contributed by atoms with Crippen molar-refractivity contribution in [3.8, 4) is 0 Å². The van der Waals surface area contributed by atoms with Crippen LogP contribution in [0.1, 0.15) is 0 Å². The van der Waals surface area contributed by atoms with E-state index >= 15 is 0 Å². The number of hydrogen-bond donors (Lipinski definition) is 2. The predicted octanol–water partition coefficient (Wildman–Crippen LogP) is 1.09. The third kappa shape index (κ3) is 1.89. The van der Waals surface area contributed by atoms with Gasteiger partial charge in [-0.1, -0.05) is 0 Å². The van der Waals surface area contributed by atoms with Crippen LogP contribution in [-0.4, -0.2) is 27.3 Å². The van der Waals surface area contributed by atoms with E-state index in [4.69, 9.17) is 0 Å². The fourth-order valence-corrected chi connectivity index (χ4v) is 12.6. The summed E-state index contributed by atoms with van der Waals surface area (Å²) in [5.74, 6) is 0. The van der Waals surface area contributed by atoms with E-state index < -0.39 is 28.9 Å². The molecule has 2 N–H and O–H groups in total. The van der Waals surface area contributed by atoms with E-state index in [1.165, 1.54) is 0 Å². The molecule has 3 rings (SSSR count). The molecule has 4 nitrogen and oxygen atoms in total. The van der Waals surface area contributed by atoms with Crippen LogP contribution in [0.15, 0.2) is 29.2 Å². The topological polar surface area (TPSA) is 58.2 Å². The molecule has 2 aliphatic rings. The van der Waals surface area contributed by atoms with Crippen LogP contribution in [0.3, 0.4) is 0 Å². The van der Waals surface area contributed by atoms with Gasteiger partial charge in [-0.15, -0.1) is 0 Å². The van der Waals surface area contributed by atoms with Gasteiger partial charge in [0.25, 0.3) is 0 Å². The molecule has 2 bridgehead atoms. The summed E-state index contributed by atoms with van der Waals surface area (Å²) in [5.41, 5.74) is 0.997. The van der Waals surface area contributed by atoms with Gasteiger partial charge in [-0.25, -0.2) is 0 Å². The number of anilines is 1. The van der Waals surface area contributed by atoms with Crippen LogP contribution in [0.5, 0.6) is 0 Å². The van der Waals surface area contributed by atoms with Gasteiger partial charge in [-0.2, -0.15) is 0 Å². The predicted molar refractivity (Wildman–Crippen MR) is 57.9 cm³/mol. The van der Waals surface area contributed by atoms with Crippen molar-refractivity contribution in [3.05, 3.63) is 24.3 Å². The monoisotopic (exact) mass is 320 g/mol. The maximum absolute atomic E-state index is 11.8. The first-order valence-electron chi connectivity index (χ1n) is 4.31. The first kappa shape index (κ1) is 10.3. The summed E-state index contributed by atoms with van der Waals surface area (Å²) < 4.78 is 29.6. The zero-order chi connectivity index (χ0) is 10.4. The third-order valence-corrected chi connectivity index (χ3v) is 13.0. The molecule has 76 valence electrons. The molecule has 0 atom stereocenters. The first-order valence-corrected chi connectivity index (χ1v) is 14.4. The minimum atomic E-state index is -3.29. The van der Waals surface area contributed by atoms with Crippen molar-refractivity contribution in [2.45, 2.75) is 14.8 Å². The summed E-state index contributed by atoms with van der Waals surface area (Å²) in [6, 6.07) is 6.86. The third-order valence-electron chi connectivity index (χ3n) is 2.01. The second-order valence-corrected chi connectivity index (χ2v) is 17.3. The van der Waals surface area contributed by atoms with Crippen LogP contribution < -0.4 is 6.48 Å². The standard InChI is InChI=1S/C6H6N2O2S.2CH3.Sn/c7-5-1-3-6(4-2-5)11(8,9)10;;;/h1-4,7H,(H-,8,9,10);2*1H3;/q-2;;;+2. The van der Waals surface area contributed by atoms with Gasteiger partial charge in [-0.3, -0.25) is 0 Å². The zero-order valence-electron chi connectivity index (χ0n) is 8.03. The average molecular weight is 319 g/mol. The van der Waals surface area contributed by atoms with Gasteiger partial charge in [0.1, 0.15) is 0 Å². The molecule has 0 aliphatic carbocycles. The quantitative estimate of drug-likeness (QED) is 0.704. The second kappa shape index (κ2) is 3.11. The van der Waals surface area contributed by atoms with Crippen LogP contribution in [0.25, 0.3) is 0 Å². The fraction of sp³-hybridized carbons (Fsp3) is 0.250. The summed E-state index contributed by atoms with van der Waals surface area (Å²) in [4.78, 5) is 4.33. The number of rotatable bonds is 0. The molecule has 6 heteroatoms. The maximum atomic E-state index is 11.8. The molecular formula is C8H12N2O2SSn. The van der Waals surface area contributed by atoms with E-state index in [1.54, 1.807) is 12.1 Å². The van der Waals surface area contributed by atoms with Crippen molar-refractivity contribution in [1.29, 1.82) is 0 Å². The average Bonchev–Trinajstić information content (AvgIpc) is 2.00. The Hall–Kier alpha value is -0.271. The number of fused-ring (bicyclic) bond motifs is 5. The molecule has 1 aromatic carbocycles. The van der Waals surface area contributed by atoms with Crippen molar-refractivity contribution in [2.75, 3.05) is 3.54 Å². The Labute approximate surface area is 88.3 Å². The van der Waals surface area contributed by atoms with Gasteiger partial charge in [-0.05, 0) is 0 Å². The number of sulfonamides is 1. The van der Waals surface area contributed by atoms with Crippen molar-refractivity contribution in [1.82, 2.24) is 2.94 Å². The molecule has 0 radical (unpaired) electrons. The van der Waals surface area contributed by atoms with Gasteiger partial charge in [0.2, 0.25) is 0 Å². The Bertz CT molecular complexity index is 453. The molecule has 0 aromatic heterocycles. The molecule has 0 spiro atoms. The number of benzene rings is 1. The van der Waals surface area contributed by atoms with Crippen LogP contribution in [0.4, 0.5) is 5.69 Å². The van der Waals surface area contributed by atoms with Gasteiger partial charge in [0.15, 0.2) is 0 Å². The SMILES string of the molecule is [CH3][Sn]1([CH3])[NH]c2ccc(cc2)S(=O)(=O)[NH]1. The van der Waals surface area contributed by atoms with Crippen molar-refractivity contribution >= 4 is 34.6 Å². The Kier molecular flexibility index (Phi) is 2.28. The van der Waals surface area contributed by atoms with E-state index in [9.17, 15) is 8.42 Å². The Morgan fingerprint density at radius 1 is 1.14 bits per heavy atom. The normalized spacial score (nSPS) is 22.1. The molecule has 0 unspecified atom stereocenters. The molecule has 2 heterocycles. The summed E-state index contributed by atoms with van der Waals surface area (Å²) in [5, 5.41) is 0. The minimum absolute atomic E-state index is 0.354. The van der Waals surface area contributed by atoms with E-state index in [0.717, 1.165) is 5.69 Å². The summed E-state index contributed by atoms with van der Waals surface area (Å²) in [6.45, 7) is 0. The molecule has 1 aromatic rings. The van der Waals surface area contributed by atoms with Crippen LogP contribution in [0, 0.1) is 0 Å². The molecule has 0 fully saturated rings. The zero-order valence-corrected chi connectivity index (χ0v) is 11.7. The van der Waals surface area contributed by atoms with Gasteiger partial charge >= 0.3 is 88.6 Å². The van der Waals surface area contributed by atoms with Crippen molar-refractivity contribution in [2.24, 2.45) is 0 Å². The van der Waals surface area contributed by atoms with Crippen molar-refractivity contribution < 1.29 is 8.42 Å². The molecule has 2 aliphatic heterocycles. The number of hydrogen-bond acceptors (Lipinski definition) is 3. The second-order valence-electron chi connectivity index (χ2n) is 3.88. The first-order chi connectivity index (χ1) is 6.39. The Morgan fingerprint density at radius 3 is 2.29 bits per heavy atom. The van der Waals surface area contributed by atoms with Gasteiger partial charge in [0, 0.05) is 0 Å². The van der Waals surface area contributed by atoms with Gasteiger partial charge < -0.3 is 0 Å². The van der Waals surface area contributed by atoms with E-state index in [1.807, 2.05) is 22.0 Å². The summed E-state index contributed by atoms with van der Waals surface area (Å²) >= 11 is -2.85. The number of nitrogens with one attached hydrogen (secondary N) is 2. The summed E-state index contributed by atoms with van der Waals surface area (Å²) in [7, 11) is -3.29. The van der Waals surface area contributed by atoms with Crippen LogP contribution in [0.2, 0.25) is 9.88 Å². The van der Waals surface area contributed by atoms with E-state index in [0.29, 0.717) is 4.90 Å². The molecule has 0 saturated heterocycles. The molecule has 0 amide bonds. The van der Waals surface area contributed by atoms with E-state index in [-0.39, 0.29) is 0 Å². The molecule has 14 heavy (non-hydrogen) atoms. The Morgan fingerprint density at radius 2 is 1.71 bits per heavy atom. The van der Waals surface area contributed by atoms with Crippen molar-refractivity contribution in [3.63, 3.8) is 0 Å². The Balaban J connectivity index is 2.63. The van der Waals surface area contributed by atoms with Gasteiger partial charge in [0.05, 0.1) is 0 Å². The fourth-order valence-electron chi connectivity index (χ4n) is 1.50. The summed E-state index contributed by atoms with van der Waals surface area (Å²) in [6.07, 6.45) is 0. The van der Waals surface area contributed by atoms with E-state index in [2.05, 4.69) is 6.48 Å². The molecular weight excluding hydrogens is 307 g/mol. The molecule has 0 saturated carbocycles. The van der Waals surface area contributed by atoms with Crippen LogP contribution >= 0.6 is 0 Å².